The number of hydrogen-bond acceptors (Lipinski definition) is 2. The van der Waals surface area contributed by atoms with E-state index < -0.39 is 0 Å². The van der Waals surface area contributed by atoms with Crippen LogP contribution in [-0.2, 0) is 11.3 Å². The zero-order valence-corrected chi connectivity index (χ0v) is 11.5. The molecule has 106 valence electrons. The first kappa shape index (κ1) is 13.4. The molecule has 0 N–H and O–H groups in total. The van der Waals surface area contributed by atoms with E-state index in [4.69, 9.17) is 4.74 Å². The maximum Gasteiger partial charge on any atom is 0.338 e. The van der Waals surface area contributed by atoms with Crippen molar-refractivity contribution in [1.29, 1.82) is 0 Å². The number of esters is 1. The Morgan fingerprint density at radius 2 is 1.90 bits per heavy atom. The fraction of sp³-hybridized carbons (Fsp3) is 0.118. The Morgan fingerprint density at radius 3 is 2.62 bits per heavy atom. The predicted molar refractivity (Wildman–Crippen MR) is 78.8 cm³/mol. The van der Waals surface area contributed by atoms with Gasteiger partial charge in [0, 0.05) is 23.6 Å². The molecular formula is C17H14FNO2. The Hall–Kier alpha value is -2.62. The highest BCUT2D eigenvalue weighted by Crippen LogP contribution is 2.22. The summed E-state index contributed by atoms with van der Waals surface area (Å²) < 4.78 is 19.8. The Kier molecular flexibility index (Phi) is 3.44. The van der Waals surface area contributed by atoms with Crippen LogP contribution >= 0.6 is 0 Å². The van der Waals surface area contributed by atoms with Crippen LogP contribution in [0.15, 0.2) is 54.7 Å². The van der Waals surface area contributed by atoms with Crippen LogP contribution < -0.4 is 0 Å². The summed E-state index contributed by atoms with van der Waals surface area (Å²) in [6.45, 7) is 0.619. The highest BCUT2D eigenvalue weighted by molar-refractivity contribution is 6.03. The average molecular weight is 283 g/mol. The van der Waals surface area contributed by atoms with Crippen molar-refractivity contribution in [3.63, 3.8) is 0 Å². The quantitative estimate of drug-likeness (QED) is 0.687. The Labute approximate surface area is 121 Å². The minimum Gasteiger partial charge on any atom is -0.465 e. The fourth-order valence-corrected chi connectivity index (χ4v) is 2.44. The van der Waals surface area contributed by atoms with Crippen molar-refractivity contribution in [3.05, 3.63) is 71.7 Å². The highest BCUT2D eigenvalue weighted by atomic mass is 19.1. The SMILES string of the molecule is COC(=O)c1cccc2c1ccn2Cc1ccc(F)cc1. The molecule has 3 rings (SSSR count). The molecule has 21 heavy (non-hydrogen) atoms. The van der Waals surface area contributed by atoms with Gasteiger partial charge in [0.25, 0.3) is 0 Å². The van der Waals surface area contributed by atoms with Crippen LogP contribution in [0.4, 0.5) is 4.39 Å². The highest BCUT2D eigenvalue weighted by Gasteiger charge is 2.12. The number of fused-ring (bicyclic) bond motifs is 1. The molecule has 4 heteroatoms. The van der Waals surface area contributed by atoms with Gasteiger partial charge in [-0.1, -0.05) is 18.2 Å². The number of aromatic nitrogens is 1. The number of carbonyl (C=O) groups is 1. The molecule has 3 aromatic rings. The van der Waals surface area contributed by atoms with Crippen molar-refractivity contribution in [2.75, 3.05) is 7.11 Å². The fourth-order valence-electron chi connectivity index (χ4n) is 2.44. The molecule has 0 aliphatic rings. The smallest absolute Gasteiger partial charge is 0.338 e. The zero-order valence-electron chi connectivity index (χ0n) is 11.5. The second-order valence-corrected chi connectivity index (χ2v) is 4.80. The largest absolute Gasteiger partial charge is 0.465 e. The number of rotatable bonds is 3. The van der Waals surface area contributed by atoms with E-state index in [0.29, 0.717) is 12.1 Å². The van der Waals surface area contributed by atoms with Crippen molar-refractivity contribution in [3.8, 4) is 0 Å². The van der Waals surface area contributed by atoms with Gasteiger partial charge in [0.05, 0.1) is 12.7 Å². The van der Waals surface area contributed by atoms with Gasteiger partial charge >= 0.3 is 5.97 Å². The topological polar surface area (TPSA) is 31.2 Å². The minimum absolute atomic E-state index is 0.246. The van der Waals surface area contributed by atoms with E-state index in [1.807, 2.05) is 29.0 Å². The van der Waals surface area contributed by atoms with Crippen molar-refractivity contribution in [1.82, 2.24) is 4.57 Å². The first-order valence-electron chi connectivity index (χ1n) is 6.59. The van der Waals surface area contributed by atoms with Crippen molar-refractivity contribution in [2.24, 2.45) is 0 Å². The molecule has 1 heterocycles. The Balaban J connectivity index is 2.01. The van der Waals surface area contributed by atoms with Gasteiger partial charge in [-0.15, -0.1) is 0 Å². The van der Waals surface area contributed by atoms with Crippen molar-refractivity contribution in [2.45, 2.75) is 6.54 Å². The number of halogens is 1. The summed E-state index contributed by atoms with van der Waals surface area (Å²) >= 11 is 0. The average Bonchev–Trinajstić information content (AvgIpc) is 2.92. The summed E-state index contributed by atoms with van der Waals surface area (Å²) in [5.41, 5.74) is 2.49. The second-order valence-electron chi connectivity index (χ2n) is 4.80. The Morgan fingerprint density at radius 1 is 1.14 bits per heavy atom. The van der Waals surface area contributed by atoms with Gasteiger partial charge in [-0.05, 0) is 35.9 Å². The lowest BCUT2D eigenvalue weighted by molar-refractivity contribution is 0.0603. The number of nitrogens with zero attached hydrogens (tertiary/aromatic N) is 1. The van der Waals surface area contributed by atoms with E-state index in [1.54, 1.807) is 18.2 Å². The molecule has 0 unspecified atom stereocenters. The zero-order chi connectivity index (χ0) is 14.8. The molecule has 0 saturated carbocycles. The van der Waals surface area contributed by atoms with Crippen LogP contribution in [0.5, 0.6) is 0 Å². The van der Waals surface area contributed by atoms with Gasteiger partial charge in [-0.3, -0.25) is 0 Å². The van der Waals surface area contributed by atoms with Gasteiger partial charge in [0.2, 0.25) is 0 Å². The molecule has 0 fully saturated rings. The van der Waals surface area contributed by atoms with E-state index in [9.17, 15) is 9.18 Å². The molecule has 0 aliphatic carbocycles. The molecule has 0 amide bonds. The maximum atomic E-state index is 12.9. The van der Waals surface area contributed by atoms with Crippen LogP contribution in [0.2, 0.25) is 0 Å². The monoisotopic (exact) mass is 283 g/mol. The lowest BCUT2D eigenvalue weighted by atomic mass is 10.1. The molecule has 0 spiro atoms. The van der Waals surface area contributed by atoms with Gasteiger partial charge in [0.1, 0.15) is 5.82 Å². The summed E-state index contributed by atoms with van der Waals surface area (Å²) in [5, 5.41) is 0.853. The minimum atomic E-state index is -0.347. The van der Waals surface area contributed by atoms with E-state index in [1.165, 1.54) is 19.2 Å². The molecule has 0 saturated heterocycles. The van der Waals surface area contributed by atoms with E-state index in [0.717, 1.165) is 16.5 Å². The maximum absolute atomic E-state index is 12.9. The summed E-state index contributed by atoms with van der Waals surface area (Å²) in [7, 11) is 1.37. The molecule has 0 atom stereocenters. The summed E-state index contributed by atoms with van der Waals surface area (Å²) in [6.07, 6.45) is 1.92. The molecular weight excluding hydrogens is 269 g/mol. The number of ether oxygens (including phenoxy) is 1. The van der Waals surface area contributed by atoms with Gasteiger partial charge in [-0.2, -0.15) is 0 Å². The normalized spacial score (nSPS) is 10.8. The van der Waals surface area contributed by atoms with Gasteiger partial charge in [0.15, 0.2) is 0 Å². The molecule has 3 nitrogen and oxygen atoms in total. The lowest BCUT2D eigenvalue weighted by Gasteiger charge is -2.07. The second kappa shape index (κ2) is 5.40. The molecule has 0 radical (unpaired) electrons. The number of benzene rings is 2. The van der Waals surface area contributed by atoms with Crippen molar-refractivity contribution >= 4 is 16.9 Å². The number of carbonyl (C=O) groups excluding carboxylic acids is 1. The summed E-state index contributed by atoms with van der Waals surface area (Å²) in [5.74, 6) is -0.593. The van der Waals surface area contributed by atoms with E-state index in [-0.39, 0.29) is 11.8 Å². The molecule has 0 aliphatic heterocycles. The van der Waals surface area contributed by atoms with Crippen LogP contribution in [0, 0.1) is 5.82 Å². The molecule has 2 aromatic carbocycles. The third-order valence-corrected chi connectivity index (χ3v) is 3.49. The number of methoxy groups -OCH3 is 1. The van der Waals surface area contributed by atoms with E-state index in [2.05, 4.69) is 0 Å². The van der Waals surface area contributed by atoms with Crippen LogP contribution in [0.25, 0.3) is 10.9 Å². The first-order chi connectivity index (χ1) is 10.2. The third-order valence-electron chi connectivity index (χ3n) is 3.49. The van der Waals surface area contributed by atoms with Gasteiger partial charge < -0.3 is 9.30 Å². The summed E-state index contributed by atoms with van der Waals surface area (Å²) in [6, 6.07) is 13.8. The summed E-state index contributed by atoms with van der Waals surface area (Å²) in [4.78, 5) is 11.8. The molecule has 0 bridgehead atoms. The number of hydrogen-bond donors (Lipinski definition) is 0. The third kappa shape index (κ3) is 2.52. The van der Waals surface area contributed by atoms with Crippen LogP contribution in [0.3, 0.4) is 0 Å². The first-order valence-corrected chi connectivity index (χ1v) is 6.59. The van der Waals surface area contributed by atoms with Crippen LogP contribution in [0.1, 0.15) is 15.9 Å². The van der Waals surface area contributed by atoms with E-state index >= 15 is 0 Å². The van der Waals surface area contributed by atoms with Gasteiger partial charge in [-0.25, -0.2) is 9.18 Å². The standard InChI is InChI=1S/C17H14FNO2/c1-21-17(20)15-3-2-4-16-14(15)9-10-19(16)11-12-5-7-13(18)8-6-12/h2-10H,11H2,1H3. The van der Waals surface area contributed by atoms with Crippen molar-refractivity contribution < 1.29 is 13.9 Å². The predicted octanol–water partition coefficient (Wildman–Crippen LogP) is 3.62. The molecule has 1 aromatic heterocycles. The Bertz CT molecular complexity index is 790. The van der Waals surface area contributed by atoms with Crippen LogP contribution in [-0.4, -0.2) is 17.6 Å². The lowest BCUT2D eigenvalue weighted by Crippen LogP contribution is -2.02.